The number of rotatable bonds is 9. The summed E-state index contributed by atoms with van der Waals surface area (Å²) in [6.45, 7) is 6.25. The van der Waals surface area contributed by atoms with Gasteiger partial charge in [-0.05, 0) is 25.8 Å². The number of halogens is 1. The molecule has 0 amide bonds. The molecule has 0 aliphatic carbocycles. The van der Waals surface area contributed by atoms with Crippen LogP contribution >= 0.6 is 24.0 Å². The minimum absolute atomic E-state index is 0. The van der Waals surface area contributed by atoms with Gasteiger partial charge in [-0.3, -0.25) is 9.67 Å². The SMILES string of the molecule is CCOCCCNC(=NC)NCCCn1cccn1.I. The molecule has 1 heterocycles. The Morgan fingerprint density at radius 2 is 2.05 bits per heavy atom. The molecule has 0 aliphatic heterocycles. The van der Waals surface area contributed by atoms with Gasteiger partial charge in [-0.15, -0.1) is 24.0 Å². The molecule has 7 heteroatoms. The number of aliphatic imine (C=N–C) groups is 1. The highest BCUT2D eigenvalue weighted by Gasteiger charge is 1.97. The van der Waals surface area contributed by atoms with Crippen LogP contribution in [0.15, 0.2) is 23.5 Å². The molecule has 0 spiro atoms. The van der Waals surface area contributed by atoms with E-state index in [0.717, 1.165) is 51.6 Å². The molecule has 1 aromatic heterocycles. The number of aryl methyl sites for hydroxylation is 1. The summed E-state index contributed by atoms with van der Waals surface area (Å²) in [7, 11) is 1.78. The van der Waals surface area contributed by atoms with Gasteiger partial charge in [0.25, 0.3) is 0 Å². The fourth-order valence-electron chi connectivity index (χ4n) is 1.63. The Balaban J connectivity index is 0.00000361. The second-order valence-corrected chi connectivity index (χ2v) is 4.10. The van der Waals surface area contributed by atoms with Gasteiger partial charge in [-0.25, -0.2) is 0 Å². The number of nitrogens with one attached hydrogen (secondary N) is 2. The van der Waals surface area contributed by atoms with Crippen LogP contribution in [0.25, 0.3) is 0 Å². The van der Waals surface area contributed by atoms with Crippen LogP contribution in [0.1, 0.15) is 19.8 Å². The summed E-state index contributed by atoms with van der Waals surface area (Å²) >= 11 is 0. The van der Waals surface area contributed by atoms with Crippen LogP contribution in [-0.2, 0) is 11.3 Å². The molecular formula is C13H26IN5O. The van der Waals surface area contributed by atoms with Crippen LogP contribution < -0.4 is 10.6 Å². The number of ether oxygens (including phenoxy) is 1. The smallest absolute Gasteiger partial charge is 0.190 e. The zero-order valence-electron chi connectivity index (χ0n) is 12.3. The monoisotopic (exact) mass is 395 g/mol. The third kappa shape index (κ3) is 9.13. The van der Waals surface area contributed by atoms with Gasteiger partial charge in [0.05, 0.1) is 0 Å². The number of nitrogens with zero attached hydrogens (tertiary/aromatic N) is 3. The maximum Gasteiger partial charge on any atom is 0.190 e. The zero-order chi connectivity index (χ0) is 13.8. The minimum Gasteiger partial charge on any atom is -0.382 e. The van der Waals surface area contributed by atoms with Crippen molar-refractivity contribution in [3.8, 4) is 0 Å². The molecule has 0 saturated carbocycles. The summed E-state index contributed by atoms with van der Waals surface area (Å²) in [6.07, 6.45) is 5.77. The molecule has 2 N–H and O–H groups in total. The predicted octanol–water partition coefficient (Wildman–Crippen LogP) is 1.48. The van der Waals surface area contributed by atoms with Crippen molar-refractivity contribution in [2.45, 2.75) is 26.3 Å². The fourth-order valence-corrected chi connectivity index (χ4v) is 1.63. The Hall–Kier alpha value is -0.830. The van der Waals surface area contributed by atoms with Crippen LogP contribution in [0.5, 0.6) is 0 Å². The third-order valence-electron chi connectivity index (χ3n) is 2.60. The van der Waals surface area contributed by atoms with Crippen molar-refractivity contribution >= 4 is 29.9 Å². The van der Waals surface area contributed by atoms with E-state index in [-0.39, 0.29) is 24.0 Å². The van der Waals surface area contributed by atoms with Gasteiger partial charge >= 0.3 is 0 Å². The summed E-state index contributed by atoms with van der Waals surface area (Å²) in [5.74, 6) is 0.844. The molecule has 0 radical (unpaired) electrons. The lowest BCUT2D eigenvalue weighted by atomic mass is 10.4. The molecule has 0 aromatic carbocycles. The Morgan fingerprint density at radius 1 is 1.30 bits per heavy atom. The molecule has 116 valence electrons. The number of hydrogen-bond donors (Lipinski definition) is 2. The van der Waals surface area contributed by atoms with Crippen molar-refractivity contribution < 1.29 is 4.74 Å². The van der Waals surface area contributed by atoms with E-state index in [9.17, 15) is 0 Å². The quantitative estimate of drug-likeness (QED) is 0.288. The first-order valence-electron chi connectivity index (χ1n) is 6.86. The maximum atomic E-state index is 5.28. The predicted molar refractivity (Wildman–Crippen MR) is 92.7 cm³/mol. The molecule has 1 rings (SSSR count). The molecule has 1 aromatic rings. The Morgan fingerprint density at radius 3 is 2.65 bits per heavy atom. The molecule has 0 aliphatic rings. The first kappa shape index (κ1) is 19.2. The van der Waals surface area contributed by atoms with Crippen molar-refractivity contribution in [1.82, 2.24) is 20.4 Å². The van der Waals surface area contributed by atoms with Crippen molar-refractivity contribution in [3.05, 3.63) is 18.5 Å². The molecule has 6 nitrogen and oxygen atoms in total. The van der Waals surface area contributed by atoms with Gasteiger partial charge in [-0.1, -0.05) is 0 Å². The highest BCUT2D eigenvalue weighted by atomic mass is 127. The average molecular weight is 395 g/mol. The summed E-state index contributed by atoms with van der Waals surface area (Å²) in [5, 5.41) is 10.7. The lowest BCUT2D eigenvalue weighted by Gasteiger charge is -2.11. The molecule has 0 saturated heterocycles. The molecule has 20 heavy (non-hydrogen) atoms. The van der Waals surface area contributed by atoms with Crippen LogP contribution in [0.2, 0.25) is 0 Å². The van der Waals surface area contributed by atoms with Crippen LogP contribution in [0, 0.1) is 0 Å². The van der Waals surface area contributed by atoms with Crippen molar-refractivity contribution in [2.75, 3.05) is 33.4 Å². The van der Waals surface area contributed by atoms with E-state index < -0.39 is 0 Å². The zero-order valence-corrected chi connectivity index (χ0v) is 14.7. The third-order valence-corrected chi connectivity index (χ3v) is 2.60. The molecular weight excluding hydrogens is 369 g/mol. The van der Waals surface area contributed by atoms with E-state index in [4.69, 9.17) is 4.74 Å². The van der Waals surface area contributed by atoms with Gasteiger partial charge in [0.1, 0.15) is 0 Å². The lowest BCUT2D eigenvalue weighted by Crippen LogP contribution is -2.38. The average Bonchev–Trinajstić information content (AvgIpc) is 2.94. The lowest BCUT2D eigenvalue weighted by molar-refractivity contribution is 0.145. The number of aromatic nitrogens is 2. The molecule has 0 atom stereocenters. The second-order valence-electron chi connectivity index (χ2n) is 4.10. The Bertz CT molecular complexity index is 343. The van der Waals surface area contributed by atoms with E-state index in [1.165, 1.54) is 0 Å². The fraction of sp³-hybridized carbons (Fsp3) is 0.692. The Kier molecular flexibility index (Phi) is 12.6. The van der Waals surface area contributed by atoms with Crippen LogP contribution in [-0.4, -0.2) is 49.1 Å². The topological polar surface area (TPSA) is 63.5 Å². The minimum atomic E-state index is 0. The van der Waals surface area contributed by atoms with E-state index in [1.54, 1.807) is 13.2 Å². The van der Waals surface area contributed by atoms with Gasteiger partial charge < -0.3 is 15.4 Å². The first-order valence-corrected chi connectivity index (χ1v) is 6.86. The molecule has 0 bridgehead atoms. The summed E-state index contributed by atoms with van der Waals surface area (Å²) < 4.78 is 7.21. The highest BCUT2D eigenvalue weighted by molar-refractivity contribution is 14.0. The first-order chi connectivity index (χ1) is 9.36. The van der Waals surface area contributed by atoms with Crippen LogP contribution in [0.3, 0.4) is 0 Å². The summed E-state index contributed by atoms with van der Waals surface area (Å²) in [6, 6.07) is 1.94. The Labute approximate surface area is 138 Å². The maximum absolute atomic E-state index is 5.28. The van der Waals surface area contributed by atoms with Gasteiger partial charge in [0.2, 0.25) is 0 Å². The standard InChI is InChI=1S/C13H25N5O.HI/c1-3-19-12-6-8-16-13(14-2)15-7-4-10-18-11-5-9-17-18;/h5,9,11H,3-4,6-8,10,12H2,1-2H3,(H2,14,15,16);1H. The molecule has 0 unspecified atom stereocenters. The van der Waals surface area contributed by atoms with Crippen LogP contribution in [0.4, 0.5) is 0 Å². The van der Waals surface area contributed by atoms with Crippen molar-refractivity contribution in [1.29, 1.82) is 0 Å². The summed E-state index contributed by atoms with van der Waals surface area (Å²) in [4.78, 5) is 4.17. The number of guanidine groups is 1. The summed E-state index contributed by atoms with van der Waals surface area (Å²) in [5.41, 5.74) is 0. The largest absolute Gasteiger partial charge is 0.382 e. The van der Waals surface area contributed by atoms with Gasteiger partial charge in [0.15, 0.2) is 5.96 Å². The van der Waals surface area contributed by atoms with Gasteiger partial charge in [-0.2, -0.15) is 5.10 Å². The normalized spacial score (nSPS) is 11.0. The van der Waals surface area contributed by atoms with Crippen molar-refractivity contribution in [3.63, 3.8) is 0 Å². The van der Waals surface area contributed by atoms with Gasteiger partial charge in [0, 0.05) is 52.3 Å². The van der Waals surface area contributed by atoms with E-state index >= 15 is 0 Å². The number of hydrogen-bond acceptors (Lipinski definition) is 3. The van der Waals surface area contributed by atoms with Crippen molar-refractivity contribution in [2.24, 2.45) is 4.99 Å². The van der Waals surface area contributed by atoms with E-state index in [1.807, 2.05) is 23.9 Å². The molecule has 0 fully saturated rings. The highest BCUT2D eigenvalue weighted by Crippen LogP contribution is 1.88. The second kappa shape index (κ2) is 13.2. The van der Waals surface area contributed by atoms with E-state index in [2.05, 4.69) is 20.7 Å². The van der Waals surface area contributed by atoms with E-state index in [0.29, 0.717) is 0 Å².